The van der Waals surface area contributed by atoms with Gasteiger partial charge in [0.15, 0.2) is 0 Å². The van der Waals surface area contributed by atoms with Crippen molar-refractivity contribution in [3.05, 3.63) is 64.3 Å². The number of H-pyrrole nitrogens is 1. The lowest BCUT2D eigenvalue weighted by molar-refractivity contribution is -0.137. The van der Waals surface area contributed by atoms with Gasteiger partial charge in [0.25, 0.3) is 0 Å². The van der Waals surface area contributed by atoms with Gasteiger partial charge in [0, 0.05) is 5.56 Å². The third-order valence-electron chi connectivity index (χ3n) is 5.62. The average Bonchev–Trinajstić information content (AvgIpc) is 3.27. The van der Waals surface area contributed by atoms with Gasteiger partial charge in [0.2, 0.25) is 0 Å². The molecule has 2 aromatic carbocycles. The molecule has 4 aromatic rings. The Bertz CT molecular complexity index is 1380. The molecule has 0 bridgehead atoms. The Morgan fingerprint density at radius 3 is 2.56 bits per heavy atom. The molecule has 0 aliphatic carbocycles. The molecule has 9 nitrogen and oxygen atoms in total. The molecule has 166 valence electrons. The van der Waals surface area contributed by atoms with Crippen molar-refractivity contribution < 1.29 is 9.90 Å². The molecule has 0 saturated carbocycles. The number of aliphatic carboxylic acids is 1. The molecule has 4 rings (SSSR count). The predicted molar refractivity (Wildman–Crippen MR) is 123 cm³/mol. The van der Waals surface area contributed by atoms with Crippen LogP contribution in [-0.4, -0.2) is 36.0 Å². The minimum Gasteiger partial charge on any atom is -0.480 e. The topological polar surface area (TPSA) is 143 Å². The van der Waals surface area contributed by atoms with Crippen LogP contribution >= 0.6 is 0 Å². The summed E-state index contributed by atoms with van der Waals surface area (Å²) in [4.78, 5) is 32.9. The van der Waals surface area contributed by atoms with E-state index in [-0.39, 0.29) is 11.5 Å². The highest BCUT2D eigenvalue weighted by Crippen LogP contribution is 2.28. The number of imidazole rings is 2. The Balaban J connectivity index is 1.92. The average molecular weight is 435 g/mol. The molecule has 5 N–H and O–H groups in total. The molecule has 2 aromatic heterocycles. The number of benzene rings is 2. The summed E-state index contributed by atoms with van der Waals surface area (Å²) < 4.78 is 2.93. The lowest BCUT2D eigenvalue weighted by atomic mass is 10.0. The van der Waals surface area contributed by atoms with Crippen LogP contribution in [-0.2, 0) is 11.3 Å². The number of nitrogen functional groups attached to an aromatic ring is 1. The number of aromatic nitrogens is 4. The summed E-state index contributed by atoms with van der Waals surface area (Å²) in [7, 11) is 0. The fraction of sp³-hybridized carbons (Fsp3) is 0.304. The number of carbonyl (C=O) groups is 1. The van der Waals surface area contributed by atoms with Crippen molar-refractivity contribution in [3.63, 3.8) is 0 Å². The number of nitrogens with one attached hydrogen (secondary N) is 2. The lowest BCUT2D eigenvalue weighted by Gasteiger charge is -2.18. The first-order chi connectivity index (χ1) is 15.3. The molecular weight excluding hydrogens is 408 g/mol. The van der Waals surface area contributed by atoms with E-state index in [4.69, 9.17) is 16.1 Å². The van der Waals surface area contributed by atoms with Gasteiger partial charge < -0.3 is 15.8 Å². The summed E-state index contributed by atoms with van der Waals surface area (Å²) in [5, 5.41) is 17.0. The number of amidine groups is 1. The summed E-state index contributed by atoms with van der Waals surface area (Å²) in [5.41, 5.74) is 8.50. The van der Waals surface area contributed by atoms with Crippen LogP contribution < -0.4 is 11.4 Å². The van der Waals surface area contributed by atoms with E-state index in [9.17, 15) is 14.7 Å². The SMILES string of the molecule is CC(C)CCC(c1nc2ccc(C(=N)N)cc2[nH]1)n1c(=O)n(CC(=O)O)c2ccccc21. The zero-order chi connectivity index (χ0) is 23.0. The molecule has 0 amide bonds. The molecule has 0 saturated heterocycles. The molecule has 0 fully saturated rings. The number of carboxylic acids is 1. The van der Waals surface area contributed by atoms with E-state index < -0.39 is 18.6 Å². The van der Waals surface area contributed by atoms with Crippen LogP contribution in [0.25, 0.3) is 22.1 Å². The Hall–Kier alpha value is -3.88. The van der Waals surface area contributed by atoms with Crippen molar-refractivity contribution in [1.82, 2.24) is 19.1 Å². The van der Waals surface area contributed by atoms with Crippen molar-refractivity contribution in [2.75, 3.05) is 0 Å². The van der Waals surface area contributed by atoms with Crippen LogP contribution in [0.2, 0.25) is 0 Å². The lowest BCUT2D eigenvalue weighted by Crippen LogP contribution is -2.30. The van der Waals surface area contributed by atoms with Gasteiger partial charge in [-0.3, -0.25) is 19.3 Å². The van der Waals surface area contributed by atoms with Crippen molar-refractivity contribution in [2.24, 2.45) is 11.7 Å². The smallest absolute Gasteiger partial charge is 0.330 e. The van der Waals surface area contributed by atoms with E-state index in [2.05, 4.69) is 18.8 Å². The second kappa shape index (κ2) is 8.33. The van der Waals surface area contributed by atoms with Gasteiger partial charge in [0.1, 0.15) is 18.2 Å². The van der Waals surface area contributed by atoms with Gasteiger partial charge in [-0.05, 0) is 49.1 Å². The van der Waals surface area contributed by atoms with Crippen LogP contribution in [0.4, 0.5) is 0 Å². The van der Waals surface area contributed by atoms with Gasteiger partial charge >= 0.3 is 11.7 Å². The molecule has 0 radical (unpaired) electrons. The normalized spacial score (nSPS) is 12.6. The third-order valence-corrected chi connectivity index (χ3v) is 5.62. The van der Waals surface area contributed by atoms with Crippen molar-refractivity contribution in [1.29, 1.82) is 5.41 Å². The summed E-state index contributed by atoms with van der Waals surface area (Å²) in [6.45, 7) is 3.82. The highest BCUT2D eigenvalue weighted by Gasteiger charge is 2.25. The van der Waals surface area contributed by atoms with Crippen LogP contribution in [0.5, 0.6) is 0 Å². The molecule has 9 heteroatoms. The van der Waals surface area contributed by atoms with E-state index in [1.807, 2.05) is 12.1 Å². The van der Waals surface area contributed by atoms with E-state index in [1.165, 1.54) is 4.57 Å². The second-order valence-electron chi connectivity index (χ2n) is 8.38. The maximum atomic E-state index is 13.4. The molecule has 0 spiro atoms. The van der Waals surface area contributed by atoms with E-state index in [0.717, 1.165) is 11.9 Å². The Morgan fingerprint density at radius 1 is 1.19 bits per heavy atom. The minimum atomic E-state index is -1.07. The number of hydrogen-bond donors (Lipinski definition) is 4. The quantitative estimate of drug-likeness (QED) is 0.249. The highest BCUT2D eigenvalue weighted by molar-refractivity contribution is 5.98. The fourth-order valence-corrected chi connectivity index (χ4v) is 4.06. The molecule has 1 unspecified atom stereocenters. The summed E-state index contributed by atoms with van der Waals surface area (Å²) in [6, 6.07) is 12.1. The Labute approximate surface area is 184 Å². The van der Waals surface area contributed by atoms with Crippen LogP contribution in [0.3, 0.4) is 0 Å². The Kier molecular flexibility index (Phi) is 5.56. The highest BCUT2D eigenvalue weighted by atomic mass is 16.4. The first kappa shape index (κ1) is 21.4. The number of hydrogen-bond acceptors (Lipinski definition) is 4. The monoisotopic (exact) mass is 434 g/mol. The largest absolute Gasteiger partial charge is 0.480 e. The van der Waals surface area contributed by atoms with Crippen molar-refractivity contribution >= 4 is 33.9 Å². The zero-order valence-corrected chi connectivity index (χ0v) is 18.0. The van der Waals surface area contributed by atoms with Gasteiger partial charge in [-0.15, -0.1) is 0 Å². The van der Waals surface area contributed by atoms with Gasteiger partial charge in [-0.25, -0.2) is 9.78 Å². The van der Waals surface area contributed by atoms with Crippen LogP contribution in [0, 0.1) is 11.3 Å². The first-order valence-electron chi connectivity index (χ1n) is 10.5. The number of nitrogens with two attached hydrogens (primary N) is 1. The third kappa shape index (κ3) is 3.89. The predicted octanol–water partition coefficient (Wildman–Crippen LogP) is 3.07. The molecule has 0 aliphatic heterocycles. The minimum absolute atomic E-state index is 0.0348. The standard InChI is InChI=1S/C23H26N6O3/c1-13(2)7-10-19(22-26-15-9-8-14(21(24)25)11-16(15)27-22)29-18-6-4-3-5-17(18)28(23(29)32)12-20(30)31/h3-6,8-9,11,13,19H,7,10,12H2,1-2H3,(H3,24,25)(H,26,27)(H,30,31). The number of para-hydroxylation sites is 2. The number of nitrogens with zero attached hydrogens (tertiary/aromatic N) is 3. The van der Waals surface area contributed by atoms with Crippen molar-refractivity contribution in [2.45, 2.75) is 39.3 Å². The van der Waals surface area contributed by atoms with Crippen LogP contribution in [0.1, 0.15) is 44.1 Å². The maximum Gasteiger partial charge on any atom is 0.330 e. The Morgan fingerprint density at radius 2 is 1.91 bits per heavy atom. The van der Waals surface area contributed by atoms with Gasteiger partial charge in [-0.1, -0.05) is 26.0 Å². The fourth-order valence-electron chi connectivity index (χ4n) is 4.06. The van der Waals surface area contributed by atoms with E-state index in [0.29, 0.717) is 40.3 Å². The second-order valence-corrected chi connectivity index (χ2v) is 8.38. The molecule has 2 heterocycles. The maximum absolute atomic E-state index is 13.4. The van der Waals surface area contributed by atoms with E-state index in [1.54, 1.807) is 34.9 Å². The van der Waals surface area contributed by atoms with E-state index >= 15 is 0 Å². The van der Waals surface area contributed by atoms with Gasteiger partial charge in [0.05, 0.1) is 28.1 Å². The molecule has 0 aliphatic rings. The van der Waals surface area contributed by atoms with Gasteiger partial charge in [-0.2, -0.15) is 0 Å². The van der Waals surface area contributed by atoms with Crippen LogP contribution in [0.15, 0.2) is 47.3 Å². The molecule has 1 atom stereocenters. The number of fused-ring (bicyclic) bond motifs is 2. The number of aromatic amines is 1. The molecular formula is C23H26N6O3. The number of rotatable bonds is 8. The number of carboxylic acid groups (broad SMARTS) is 1. The van der Waals surface area contributed by atoms with Crippen molar-refractivity contribution in [3.8, 4) is 0 Å². The zero-order valence-electron chi connectivity index (χ0n) is 18.0. The summed E-state index contributed by atoms with van der Waals surface area (Å²) in [6.07, 6.45) is 1.50. The summed E-state index contributed by atoms with van der Waals surface area (Å²) in [5.74, 6) is -0.0856. The molecule has 32 heavy (non-hydrogen) atoms. The first-order valence-corrected chi connectivity index (χ1v) is 10.5. The summed E-state index contributed by atoms with van der Waals surface area (Å²) >= 11 is 0.